The lowest BCUT2D eigenvalue weighted by molar-refractivity contribution is -0.0483. The molecule has 33 heavy (non-hydrogen) atoms. The summed E-state index contributed by atoms with van der Waals surface area (Å²) in [6.07, 6.45) is 4.92. The Balaban J connectivity index is 1.15. The number of morpholine rings is 2. The maximum absolute atomic E-state index is 13.0. The molecule has 2 bridgehead atoms. The zero-order chi connectivity index (χ0) is 22.5. The van der Waals surface area contributed by atoms with Crippen LogP contribution in [0, 0.1) is 6.92 Å². The molecule has 1 aromatic carbocycles. The van der Waals surface area contributed by atoms with Crippen LogP contribution in [0.15, 0.2) is 24.4 Å². The van der Waals surface area contributed by atoms with Gasteiger partial charge in [0, 0.05) is 44.1 Å². The van der Waals surface area contributed by atoms with E-state index in [1.165, 1.54) is 28.2 Å². The predicted octanol–water partition coefficient (Wildman–Crippen LogP) is 2.05. The molecule has 2 saturated heterocycles. The number of amides is 1. The Hall–Kier alpha value is -2.75. The van der Waals surface area contributed by atoms with Gasteiger partial charge >= 0.3 is 0 Å². The number of nitrogens with two attached hydrogens (primary N) is 1. The maximum Gasteiger partial charge on any atom is 0.263 e. The fourth-order valence-electron chi connectivity index (χ4n) is 5.22. The number of carbonyl (C=O) groups excluding carboxylic acids is 1. The topological polar surface area (TPSA) is 105 Å². The molecule has 2 aromatic heterocycles. The van der Waals surface area contributed by atoms with Gasteiger partial charge in [-0.15, -0.1) is 11.3 Å². The summed E-state index contributed by atoms with van der Waals surface area (Å²) in [7, 11) is 0. The summed E-state index contributed by atoms with van der Waals surface area (Å²) in [6.45, 7) is 5.60. The molecule has 6 rings (SSSR count). The van der Waals surface area contributed by atoms with Crippen LogP contribution in [-0.2, 0) is 17.6 Å². The van der Waals surface area contributed by atoms with Crippen LogP contribution >= 0.6 is 11.3 Å². The molecule has 3 aliphatic rings. The molecule has 0 radical (unpaired) electrons. The van der Waals surface area contributed by atoms with Gasteiger partial charge in [-0.2, -0.15) is 0 Å². The fourth-order valence-corrected chi connectivity index (χ4v) is 6.22. The van der Waals surface area contributed by atoms with E-state index in [2.05, 4.69) is 43.7 Å². The number of benzene rings is 1. The molecule has 1 aliphatic carbocycles. The van der Waals surface area contributed by atoms with Gasteiger partial charge in [-0.3, -0.25) is 4.79 Å². The van der Waals surface area contributed by atoms with E-state index in [9.17, 15) is 4.79 Å². The van der Waals surface area contributed by atoms with Crippen molar-refractivity contribution in [3.8, 4) is 0 Å². The zero-order valence-corrected chi connectivity index (χ0v) is 19.5. The summed E-state index contributed by atoms with van der Waals surface area (Å²) >= 11 is 1.31. The smallest absolute Gasteiger partial charge is 0.263 e. The van der Waals surface area contributed by atoms with Crippen LogP contribution in [0.1, 0.15) is 32.9 Å². The van der Waals surface area contributed by atoms with E-state index in [0.717, 1.165) is 51.1 Å². The molecular weight excluding hydrogens is 436 g/mol. The van der Waals surface area contributed by atoms with Crippen molar-refractivity contribution >= 4 is 39.0 Å². The van der Waals surface area contributed by atoms with Crippen molar-refractivity contribution in [2.75, 3.05) is 36.8 Å². The Labute approximate surface area is 196 Å². The third kappa shape index (κ3) is 3.94. The van der Waals surface area contributed by atoms with Gasteiger partial charge in [0.2, 0.25) is 0 Å². The molecule has 172 valence electrons. The third-order valence-electron chi connectivity index (χ3n) is 6.86. The Morgan fingerprint density at radius 1 is 1.27 bits per heavy atom. The average Bonchev–Trinajstić information content (AvgIpc) is 3.14. The largest absolute Gasteiger partial charge is 0.396 e. The molecule has 3 aromatic rings. The van der Waals surface area contributed by atoms with Gasteiger partial charge in [0.05, 0.1) is 23.6 Å². The average molecular weight is 465 g/mol. The van der Waals surface area contributed by atoms with Gasteiger partial charge in [-0.05, 0) is 49.4 Å². The van der Waals surface area contributed by atoms with Crippen molar-refractivity contribution in [1.82, 2.24) is 20.6 Å². The van der Waals surface area contributed by atoms with Crippen molar-refractivity contribution in [3.05, 3.63) is 46.1 Å². The second kappa shape index (κ2) is 8.23. The summed E-state index contributed by atoms with van der Waals surface area (Å²) in [6, 6.07) is 6.89. The molecule has 2 aliphatic heterocycles. The number of ether oxygens (including phenoxy) is 1. The Morgan fingerprint density at radius 3 is 2.91 bits per heavy atom. The molecule has 2 fully saturated rings. The number of hydrogen-bond donors (Lipinski definition) is 3. The van der Waals surface area contributed by atoms with E-state index < -0.39 is 0 Å². The molecular formula is C24H28N6O2S. The first-order valence-electron chi connectivity index (χ1n) is 11.6. The van der Waals surface area contributed by atoms with Crippen molar-refractivity contribution in [2.24, 2.45) is 0 Å². The molecule has 9 heteroatoms. The number of anilines is 2. The summed E-state index contributed by atoms with van der Waals surface area (Å²) in [5, 5.41) is 6.65. The van der Waals surface area contributed by atoms with E-state index in [4.69, 9.17) is 10.5 Å². The molecule has 4 heterocycles. The van der Waals surface area contributed by atoms with Crippen LogP contribution in [-0.4, -0.2) is 60.3 Å². The van der Waals surface area contributed by atoms with Gasteiger partial charge in [-0.1, -0.05) is 6.07 Å². The summed E-state index contributed by atoms with van der Waals surface area (Å²) in [4.78, 5) is 25.5. The number of hydrogen-bond acceptors (Lipinski definition) is 8. The first-order chi connectivity index (χ1) is 16.0. The molecule has 1 amide bonds. The second-order valence-corrected chi connectivity index (χ2v) is 10.3. The van der Waals surface area contributed by atoms with E-state index >= 15 is 0 Å². The van der Waals surface area contributed by atoms with Crippen LogP contribution in [0.3, 0.4) is 0 Å². The highest BCUT2D eigenvalue weighted by Gasteiger charge is 2.32. The summed E-state index contributed by atoms with van der Waals surface area (Å²) < 4.78 is 6.05. The van der Waals surface area contributed by atoms with Gasteiger partial charge in [0.1, 0.15) is 15.2 Å². The number of nitrogen functional groups attached to an aromatic ring is 1. The fraction of sp³-hybridized carbons (Fsp3) is 0.458. The first-order valence-corrected chi connectivity index (χ1v) is 12.4. The van der Waals surface area contributed by atoms with Crippen molar-refractivity contribution in [3.63, 3.8) is 0 Å². The highest BCUT2D eigenvalue weighted by atomic mass is 32.1. The highest BCUT2D eigenvalue weighted by molar-refractivity contribution is 7.21. The number of aryl methyl sites for hydroxylation is 2. The lowest BCUT2D eigenvalue weighted by atomic mass is 9.87. The zero-order valence-electron chi connectivity index (χ0n) is 18.6. The van der Waals surface area contributed by atoms with E-state index in [1.807, 2.05) is 6.92 Å². The maximum atomic E-state index is 13.0. The lowest BCUT2D eigenvalue weighted by Gasteiger charge is -2.43. The number of rotatable bonds is 3. The monoisotopic (exact) mass is 464 g/mol. The van der Waals surface area contributed by atoms with Gasteiger partial charge < -0.3 is 26.0 Å². The number of nitrogens with zero attached hydrogens (tertiary/aromatic N) is 3. The minimum absolute atomic E-state index is 0.0944. The quantitative estimate of drug-likeness (QED) is 0.545. The van der Waals surface area contributed by atoms with Crippen molar-refractivity contribution in [1.29, 1.82) is 0 Å². The number of thiophene rings is 1. The molecule has 4 N–H and O–H groups in total. The second-order valence-electron chi connectivity index (χ2n) is 9.32. The Kier molecular flexibility index (Phi) is 5.20. The van der Waals surface area contributed by atoms with E-state index in [1.54, 1.807) is 6.20 Å². The molecule has 8 nitrogen and oxygen atoms in total. The van der Waals surface area contributed by atoms with Gasteiger partial charge in [0.15, 0.2) is 0 Å². The minimum atomic E-state index is -0.131. The van der Waals surface area contributed by atoms with Crippen LogP contribution in [0.2, 0.25) is 0 Å². The third-order valence-corrected chi connectivity index (χ3v) is 7.95. The normalized spacial score (nSPS) is 24.5. The summed E-state index contributed by atoms with van der Waals surface area (Å²) in [5.41, 5.74) is 12.1. The standard InChI is InChI=1S/C24H28N6O2S/c1-13-8-27-21-20(25)22(33-24(21)28-13)23(31)29-16-4-2-15-7-17(5-3-14(15)6-16)30-11-18-9-26-10-19(12-30)32-18/h3,5,7-8,16,18-19,26H,2,4,6,9-12,25H2,1H3,(H,29,31). The molecule has 0 saturated carbocycles. The molecule has 3 unspecified atom stereocenters. The minimum Gasteiger partial charge on any atom is -0.396 e. The molecule has 0 spiro atoms. The summed E-state index contributed by atoms with van der Waals surface area (Å²) in [5.74, 6) is -0.131. The van der Waals surface area contributed by atoms with Gasteiger partial charge in [-0.25, -0.2) is 9.97 Å². The van der Waals surface area contributed by atoms with Crippen LogP contribution in [0.4, 0.5) is 11.4 Å². The van der Waals surface area contributed by atoms with Crippen molar-refractivity contribution < 1.29 is 9.53 Å². The number of fused-ring (bicyclic) bond motifs is 4. The van der Waals surface area contributed by atoms with E-state index in [0.29, 0.717) is 20.9 Å². The van der Waals surface area contributed by atoms with E-state index in [-0.39, 0.29) is 24.2 Å². The SMILES string of the molecule is Cc1cnc2c(N)c(C(=O)NC3CCc4cc(N5CC6CNCC(C5)O6)ccc4C3)sc2n1. The predicted molar refractivity (Wildman–Crippen MR) is 130 cm³/mol. The number of carbonyl (C=O) groups is 1. The molecule has 3 atom stereocenters. The van der Waals surface area contributed by atoms with Crippen LogP contribution in [0.25, 0.3) is 10.3 Å². The van der Waals surface area contributed by atoms with Crippen LogP contribution < -0.4 is 21.3 Å². The highest BCUT2D eigenvalue weighted by Crippen LogP contribution is 2.32. The Morgan fingerprint density at radius 2 is 2.09 bits per heavy atom. The number of nitrogens with one attached hydrogen (secondary N) is 2. The lowest BCUT2D eigenvalue weighted by Crippen LogP contribution is -2.58. The Bertz CT molecular complexity index is 1220. The van der Waals surface area contributed by atoms with Gasteiger partial charge in [0.25, 0.3) is 5.91 Å². The number of aromatic nitrogens is 2. The first kappa shape index (κ1) is 20.8. The van der Waals surface area contributed by atoms with Crippen molar-refractivity contribution in [2.45, 2.75) is 44.4 Å². The van der Waals surface area contributed by atoms with Crippen LogP contribution in [0.5, 0.6) is 0 Å².